The van der Waals surface area contributed by atoms with Gasteiger partial charge in [-0.2, -0.15) is 0 Å². The van der Waals surface area contributed by atoms with Gasteiger partial charge in [0.25, 0.3) is 0 Å². The lowest BCUT2D eigenvalue weighted by molar-refractivity contribution is -0.00286. The van der Waals surface area contributed by atoms with Crippen LogP contribution in [-0.4, -0.2) is 51.3 Å². The topological polar surface area (TPSA) is 24.5 Å². The van der Waals surface area contributed by atoms with Gasteiger partial charge in [0.15, 0.2) is 0 Å². The summed E-state index contributed by atoms with van der Waals surface area (Å²) in [7, 11) is 2.33. The molecule has 1 aliphatic heterocycles. The highest BCUT2D eigenvalue weighted by Crippen LogP contribution is 2.32. The van der Waals surface area contributed by atoms with Crippen LogP contribution in [0.1, 0.15) is 51.9 Å². The van der Waals surface area contributed by atoms with E-state index in [4.69, 9.17) is 4.74 Å². The molecule has 0 amide bonds. The van der Waals surface area contributed by atoms with Crippen molar-refractivity contribution in [3.63, 3.8) is 0 Å². The van der Waals surface area contributed by atoms with Gasteiger partial charge in [-0.25, -0.2) is 0 Å². The van der Waals surface area contributed by atoms with E-state index in [1.807, 2.05) is 0 Å². The second-order valence-electron chi connectivity index (χ2n) is 7.09. The molecule has 1 heterocycles. The van der Waals surface area contributed by atoms with Gasteiger partial charge in [-0.3, -0.25) is 0 Å². The highest BCUT2D eigenvalue weighted by atomic mass is 16.5. The van der Waals surface area contributed by atoms with Crippen LogP contribution in [0, 0.1) is 11.3 Å². The fraction of sp³-hybridized carbons (Fsp3) is 1.00. The molecule has 2 fully saturated rings. The van der Waals surface area contributed by atoms with E-state index in [0.29, 0.717) is 5.41 Å². The second-order valence-corrected chi connectivity index (χ2v) is 7.09. The van der Waals surface area contributed by atoms with E-state index < -0.39 is 0 Å². The average Bonchev–Trinajstić information content (AvgIpc) is 2.47. The molecule has 2 aliphatic rings. The maximum absolute atomic E-state index is 5.59. The van der Waals surface area contributed by atoms with Gasteiger partial charge in [0.05, 0.1) is 0 Å². The van der Waals surface area contributed by atoms with Gasteiger partial charge >= 0.3 is 0 Å². The fourth-order valence-corrected chi connectivity index (χ4v) is 4.03. The van der Waals surface area contributed by atoms with Gasteiger partial charge < -0.3 is 15.0 Å². The summed E-state index contributed by atoms with van der Waals surface area (Å²) < 4.78 is 5.59. The Morgan fingerprint density at radius 3 is 2.50 bits per heavy atom. The van der Waals surface area contributed by atoms with Gasteiger partial charge in [0.2, 0.25) is 0 Å². The summed E-state index contributed by atoms with van der Waals surface area (Å²) in [6.45, 7) is 8.87. The largest absolute Gasteiger partial charge is 0.381 e. The van der Waals surface area contributed by atoms with E-state index in [0.717, 1.165) is 32.2 Å². The highest BCUT2D eigenvalue weighted by molar-refractivity contribution is 4.87. The normalized spacial score (nSPS) is 24.1. The van der Waals surface area contributed by atoms with Crippen LogP contribution in [0.15, 0.2) is 0 Å². The zero-order valence-electron chi connectivity index (χ0n) is 13.6. The third-order valence-corrected chi connectivity index (χ3v) is 5.20. The van der Waals surface area contributed by atoms with Crippen LogP contribution in [0.4, 0.5) is 0 Å². The van der Waals surface area contributed by atoms with Crippen LogP contribution < -0.4 is 5.32 Å². The first-order valence-corrected chi connectivity index (χ1v) is 8.71. The Hall–Kier alpha value is -0.120. The van der Waals surface area contributed by atoms with Gasteiger partial charge in [-0.15, -0.1) is 0 Å². The number of nitrogens with one attached hydrogen (secondary N) is 1. The number of ether oxygens (including phenoxy) is 1. The molecule has 3 heteroatoms. The average molecular weight is 282 g/mol. The third-order valence-electron chi connectivity index (χ3n) is 5.20. The molecular formula is C17H34N2O. The van der Waals surface area contributed by atoms with Crippen molar-refractivity contribution >= 4 is 0 Å². The van der Waals surface area contributed by atoms with Gasteiger partial charge in [-0.05, 0) is 50.6 Å². The minimum absolute atomic E-state index is 0.442. The molecule has 3 nitrogen and oxygen atoms in total. The summed E-state index contributed by atoms with van der Waals surface area (Å²) in [5.41, 5.74) is 0.442. The SMILES string of the molecule is CCNCC1(CN(C)CC2CCCCC2)CCOCC1. The molecule has 1 aliphatic carbocycles. The standard InChI is InChI=1S/C17H34N2O/c1-3-18-14-17(9-11-20-12-10-17)15-19(2)13-16-7-5-4-6-8-16/h16,18H,3-15H2,1-2H3. The van der Waals surface area contributed by atoms with E-state index in [-0.39, 0.29) is 0 Å². The number of hydrogen-bond acceptors (Lipinski definition) is 3. The van der Waals surface area contributed by atoms with Gasteiger partial charge in [0.1, 0.15) is 0 Å². The molecule has 20 heavy (non-hydrogen) atoms. The lowest BCUT2D eigenvalue weighted by Crippen LogP contribution is -2.47. The van der Waals surface area contributed by atoms with Crippen LogP contribution in [-0.2, 0) is 4.74 Å². The van der Waals surface area contributed by atoms with Crippen LogP contribution in [0.2, 0.25) is 0 Å². The first kappa shape index (κ1) is 16.3. The Bertz CT molecular complexity index is 258. The predicted octanol–water partition coefficient (Wildman–Crippen LogP) is 2.90. The molecule has 118 valence electrons. The zero-order valence-corrected chi connectivity index (χ0v) is 13.6. The molecule has 0 spiro atoms. The van der Waals surface area contributed by atoms with E-state index in [2.05, 4.69) is 24.2 Å². The first-order chi connectivity index (χ1) is 9.74. The molecule has 2 rings (SSSR count). The first-order valence-electron chi connectivity index (χ1n) is 8.71. The van der Waals surface area contributed by atoms with Crippen molar-refractivity contribution in [2.75, 3.05) is 46.4 Å². The molecule has 0 aromatic carbocycles. The van der Waals surface area contributed by atoms with Crippen molar-refractivity contribution in [2.24, 2.45) is 11.3 Å². The Morgan fingerprint density at radius 2 is 1.85 bits per heavy atom. The maximum atomic E-state index is 5.59. The molecule has 0 atom stereocenters. The monoisotopic (exact) mass is 282 g/mol. The summed E-state index contributed by atoms with van der Waals surface area (Å²) in [5.74, 6) is 0.949. The van der Waals surface area contributed by atoms with E-state index in [9.17, 15) is 0 Å². The molecule has 0 radical (unpaired) electrons. The summed E-state index contributed by atoms with van der Waals surface area (Å²) in [5, 5.41) is 3.59. The minimum Gasteiger partial charge on any atom is -0.381 e. The lowest BCUT2D eigenvalue weighted by atomic mass is 9.79. The quantitative estimate of drug-likeness (QED) is 0.777. The summed E-state index contributed by atoms with van der Waals surface area (Å²) >= 11 is 0. The second kappa shape index (κ2) is 8.35. The summed E-state index contributed by atoms with van der Waals surface area (Å²) in [6.07, 6.45) is 9.71. The van der Waals surface area contributed by atoms with Crippen molar-refractivity contribution in [1.82, 2.24) is 10.2 Å². The predicted molar refractivity (Wildman–Crippen MR) is 85.1 cm³/mol. The Kier molecular flexibility index (Phi) is 6.79. The van der Waals surface area contributed by atoms with E-state index in [1.165, 1.54) is 58.0 Å². The Morgan fingerprint density at radius 1 is 1.15 bits per heavy atom. The smallest absolute Gasteiger partial charge is 0.0472 e. The molecule has 0 unspecified atom stereocenters. The summed E-state index contributed by atoms with van der Waals surface area (Å²) in [6, 6.07) is 0. The third kappa shape index (κ3) is 5.01. The fourth-order valence-electron chi connectivity index (χ4n) is 4.03. The van der Waals surface area contributed by atoms with Crippen molar-refractivity contribution in [3.05, 3.63) is 0 Å². The van der Waals surface area contributed by atoms with Gasteiger partial charge in [0, 0.05) is 32.8 Å². The molecular weight excluding hydrogens is 248 g/mol. The Balaban J connectivity index is 1.82. The molecule has 1 saturated heterocycles. The van der Waals surface area contributed by atoms with Crippen molar-refractivity contribution in [3.8, 4) is 0 Å². The van der Waals surface area contributed by atoms with Crippen molar-refractivity contribution < 1.29 is 4.74 Å². The number of hydrogen-bond donors (Lipinski definition) is 1. The van der Waals surface area contributed by atoms with Crippen LogP contribution in [0.3, 0.4) is 0 Å². The zero-order chi connectivity index (χ0) is 14.3. The molecule has 1 N–H and O–H groups in total. The van der Waals surface area contributed by atoms with Crippen molar-refractivity contribution in [2.45, 2.75) is 51.9 Å². The molecule has 0 aromatic rings. The lowest BCUT2D eigenvalue weighted by Gasteiger charge is -2.41. The van der Waals surface area contributed by atoms with Crippen LogP contribution >= 0.6 is 0 Å². The van der Waals surface area contributed by atoms with E-state index >= 15 is 0 Å². The number of rotatable bonds is 7. The molecule has 1 saturated carbocycles. The van der Waals surface area contributed by atoms with Crippen LogP contribution in [0.5, 0.6) is 0 Å². The Labute approximate surface area is 125 Å². The number of nitrogens with zero attached hydrogens (tertiary/aromatic N) is 1. The van der Waals surface area contributed by atoms with Crippen molar-refractivity contribution in [1.29, 1.82) is 0 Å². The highest BCUT2D eigenvalue weighted by Gasteiger charge is 2.33. The van der Waals surface area contributed by atoms with Gasteiger partial charge in [-0.1, -0.05) is 26.2 Å². The van der Waals surface area contributed by atoms with E-state index in [1.54, 1.807) is 0 Å². The molecule has 0 bridgehead atoms. The minimum atomic E-state index is 0.442. The molecule has 0 aromatic heterocycles. The summed E-state index contributed by atoms with van der Waals surface area (Å²) in [4.78, 5) is 2.61. The maximum Gasteiger partial charge on any atom is 0.0472 e. The van der Waals surface area contributed by atoms with Crippen LogP contribution in [0.25, 0.3) is 0 Å².